The van der Waals surface area contributed by atoms with Gasteiger partial charge in [0.25, 0.3) is 23.2 Å². The summed E-state index contributed by atoms with van der Waals surface area (Å²) < 4.78 is 15.4. The van der Waals surface area contributed by atoms with Crippen molar-refractivity contribution >= 4 is 29.1 Å². The van der Waals surface area contributed by atoms with E-state index in [0.29, 0.717) is 6.61 Å². The molecular weight excluding hydrogens is 354 g/mol. The number of anilines is 1. The summed E-state index contributed by atoms with van der Waals surface area (Å²) in [4.78, 5) is 32.2. The van der Waals surface area contributed by atoms with Crippen molar-refractivity contribution in [2.45, 2.75) is 0 Å². The average molecular weight is 363 g/mol. The lowest BCUT2D eigenvalue weighted by molar-refractivity contribution is -0.394. The Balaban J connectivity index is 1.82. The van der Waals surface area contributed by atoms with E-state index in [1.54, 1.807) is 0 Å². The van der Waals surface area contributed by atoms with Crippen molar-refractivity contribution in [2.24, 2.45) is 0 Å². The summed E-state index contributed by atoms with van der Waals surface area (Å²) in [5, 5.41) is 31.2. The number of nitrogens with zero attached hydrogens (tertiary/aromatic N) is 4. The molecule has 1 amide bonds. The van der Waals surface area contributed by atoms with Gasteiger partial charge in [-0.3, -0.25) is 30.3 Å². The standard InChI is InChI=1S/C13H9N5O8/c19-11(7-3-8(17(20)21)5-9(4-7)18(22)23)14-13-16-15-12(26-13)10-6-24-1-2-25-10/h3-6H,1-2H2,(H,14,16,19). The third kappa shape index (κ3) is 3.55. The maximum Gasteiger partial charge on any atom is 0.322 e. The summed E-state index contributed by atoms with van der Waals surface area (Å²) in [6, 6.07) is 2.20. The molecule has 0 bridgehead atoms. The molecule has 0 saturated carbocycles. The third-order valence-corrected chi connectivity index (χ3v) is 3.09. The molecule has 3 rings (SSSR count). The first kappa shape index (κ1) is 16.8. The number of hydrogen-bond acceptors (Lipinski definition) is 10. The van der Waals surface area contributed by atoms with Crippen LogP contribution in [0.15, 0.2) is 28.9 Å². The maximum atomic E-state index is 12.2. The summed E-state index contributed by atoms with van der Waals surface area (Å²) >= 11 is 0. The first-order valence-electron chi connectivity index (χ1n) is 6.97. The van der Waals surface area contributed by atoms with Crippen LogP contribution in [0.25, 0.3) is 5.76 Å². The molecule has 0 spiro atoms. The second kappa shape index (κ2) is 6.84. The summed E-state index contributed by atoms with van der Waals surface area (Å²) in [5.74, 6) is -0.776. The van der Waals surface area contributed by atoms with Gasteiger partial charge >= 0.3 is 6.01 Å². The Hall–Kier alpha value is -4.03. The molecule has 0 unspecified atom stereocenters. The number of nitrogens with one attached hydrogen (secondary N) is 1. The molecule has 0 fully saturated rings. The van der Waals surface area contributed by atoms with Gasteiger partial charge in [-0.1, -0.05) is 5.10 Å². The number of aromatic nitrogens is 2. The van der Waals surface area contributed by atoms with E-state index in [4.69, 9.17) is 13.9 Å². The molecule has 1 aliphatic heterocycles. The Morgan fingerprint density at radius 3 is 2.35 bits per heavy atom. The summed E-state index contributed by atoms with van der Waals surface area (Å²) in [6.07, 6.45) is 1.27. The van der Waals surface area contributed by atoms with Crippen LogP contribution in [0.3, 0.4) is 0 Å². The molecule has 0 aliphatic carbocycles. The Kier molecular flexibility index (Phi) is 4.42. The predicted molar refractivity (Wildman–Crippen MR) is 81.9 cm³/mol. The number of rotatable bonds is 5. The fraction of sp³-hybridized carbons (Fsp3) is 0.154. The highest BCUT2D eigenvalue weighted by Gasteiger charge is 2.22. The van der Waals surface area contributed by atoms with Gasteiger partial charge in [-0.05, 0) is 0 Å². The zero-order valence-electron chi connectivity index (χ0n) is 12.8. The molecule has 134 valence electrons. The van der Waals surface area contributed by atoms with Crippen molar-refractivity contribution in [3.8, 4) is 0 Å². The highest BCUT2D eigenvalue weighted by Crippen LogP contribution is 2.24. The van der Waals surface area contributed by atoms with Crippen LogP contribution >= 0.6 is 0 Å². The predicted octanol–water partition coefficient (Wildman–Crippen LogP) is 1.48. The van der Waals surface area contributed by atoms with Crippen LogP contribution in [0.5, 0.6) is 0 Å². The number of carbonyl (C=O) groups is 1. The average Bonchev–Trinajstić information content (AvgIpc) is 3.10. The molecule has 1 aliphatic rings. The topological polar surface area (TPSA) is 173 Å². The first-order chi connectivity index (χ1) is 12.4. The number of non-ortho nitro benzene ring substituents is 2. The summed E-state index contributed by atoms with van der Waals surface area (Å²) in [6.45, 7) is 0.653. The van der Waals surface area contributed by atoms with Crippen LogP contribution in [0.1, 0.15) is 16.2 Å². The molecule has 1 aromatic heterocycles. The lowest BCUT2D eigenvalue weighted by atomic mass is 10.1. The number of benzene rings is 1. The lowest BCUT2D eigenvalue weighted by Crippen LogP contribution is -2.13. The molecule has 1 N–H and O–H groups in total. The third-order valence-electron chi connectivity index (χ3n) is 3.09. The van der Waals surface area contributed by atoms with E-state index < -0.39 is 27.1 Å². The van der Waals surface area contributed by atoms with Gasteiger partial charge in [0.2, 0.25) is 5.76 Å². The molecule has 2 aromatic rings. The van der Waals surface area contributed by atoms with Gasteiger partial charge < -0.3 is 13.9 Å². The van der Waals surface area contributed by atoms with E-state index in [1.807, 2.05) is 0 Å². The zero-order valence-corrected chi connectivity index (χ0v) is 12.8. The minimum atomic E-state index is -0.901. The Morgan fingerprint density at radius 2 is 1.77 bits per heavy atom. The minimum absolute atomic E-state index is 0.0509. The van der Waals surface area contributed by atoms with E-state index >= 15 is 0 Å². The molecule has 0 saturated heterocycles. The van der Waals surface area contributed by atoms with Crippen molar-refractivity contribution < 1.29 is 28.5 Å². The first-order valence-corrected chi connectivity index (χ1v) is 6.97. The number of ether oxygens (including phenoxy) is 2. The van der Waals surface area contributed by atoms with Crippen molar-refractivity contribution in [3.63, 3.8) is 0 Å². The van der Waals surface area contributed by atoms with Crippen molar-refractivity contribution in [3.05, 3.63) is 56.1 Å². The largest absolute Gasteiger partial charge is 0.494 e. The fourth-order valence-electron chi connectivity index (χ4n) is 1.96. The van der Waals surface area contributed by atoms with Crippen LogP contribution in [-0.4, -0.2) is 39.2 Å². The van der Waals surface area contributed by atoms with Gasteiger partial charge in [0.15, 0.2) is 0 Å². The van der Waals surface area contributed by atoms with E-state index in [-0.39, 0.29) is 29.8 Å². The molecular formula is C13H9N5O8. The summed E-state index contributed by atoms with van der Waals surface area (Å²) in [7, 11) is 0. The quantitative estimate of drug-likeness (QED) is 0.605. The molecule has 1 aromatic carbocycles. The second-order valence-corrected chi connectivity index (χ2v) is 4.82. The Bertz CT molecular complexity index is 889. The smallest absolute Gasteiger partial charge is 0.322 e. The molecule has 13 heteroatoms. The van der Waals surface area contributed by atoms with Crippen molar-refractivity contribution in [1.29, 1.82) is 0 Å². The van der Waals surface area contributed by atoms with E-state index in [0.717, 1.165) is 18.2 Å². The number of amides is 1. The fourth-order valence-corrected chi connectivity index (χ4v) is 1.96. The Morgan fingerprint density at radius 1 is 1.08 bits per heavy atom. The number of nitro groups is 2. The van der Waals surface area contributed by atoms with Crippen molar-refractivity contribution in [2.75, 3.05) is 18.5 Å². The molecule has 2 heterocycles. The van der Waals surface area contributed by atoms with Crippen LogP contribution in [0.2, 0.25) is 0 Å². The van der Waals surface area contributed by atoms with Crippen LogP contribution in [-0.2, 0) is 9.47 Å². The van der Waals surface area contributed by atoms with Gasteiger partial charge in [-0.2, -0.15) is 0 Å². The van der Waals surface area contributed by atoms with Crippen molar-refractivity contribution in [1.82, 2.24) is 10.2 Å². The van der Waals surface area contributed by atoms with Crippen LogP contribution < -0.4 is 5.32 Å². The number of carbonyl (C=O) groups excluding carboxylic acids is 1. The Labute approximate surface area is 143 Å². The molecule has 0 atom stereocenters. The summed E-state index contributed by atoms with van der Waals surface area (Å²) in [5.41, 5.74) is -1.52. The van der Waals surface area contributed by atoms with Gasteiger partial charge in [0.05, 0.1) is 21.5 Å². The normalized spacial score (nSPS) is 13.2. The SMILES string of the molecule is O=C(Nc1nnc(C2=COCCO2)o1)c1cc([N+](=O)[O-])cc([N+](=O)[O-])c1. The minimum Gasteiger partial charge on any atom is -0.494 e. The second-order valence-electron chi connectivity index (χ2n) is 4.82. The highest BCUT2D eigenvalue weighted by molar-refractivity contribution is 6.04. The van der Waals surface area contributed by atoms with E-state index in [9.17, 15) is 25.0 Å². The molecule has 0 radical (unpaired) electrons. The van der Waals surface area contributed by atoms with Gasteiger partial charge in [-0.15, -0.1) is 5.10 Å². The lowest BCUT2D eigenvalue weighted by Gasteiger charge is -2.11. The van der Waals surface area contributed by atoms with E-state index in [1.165, 1.54) is 6.26 Å². The molecule has 13 nitrogen and oxygen atoms in total. The van der Waals surface area contributed by atoms with Crippen LogP contribution in [0, 0.1) is 20.2 Å². The molecule has 26 heavy (non-hydrogen) atoms. The monoisotopic (exact) mass is 363 g/mol. The zero-order chi connectivity index (χ0) is 18.7. The number of hydrogen-bond donors (Lipinski definition) is 1. The van der Waals surface area contributed by atoms with Gasteiger partial charge in [0, 0.05) is 12.1 Å². The van der Waals surface area contributed by atoms with E-state index in [2.05, 4.69) is 15.5 Å². The maximum absolute atomic E-state index is 12.2. The highest BCUT2D eigenvalue weighted by atomic mass is 16.6. The van der Waals surface area contributed by atoms with Gasteiger partial charge in [0.1, 0.15) is 19.5 Å². The van der Waals surface area contributed by atoms with Gasteiger partial charge in [-0.25, -0.2) is 0 Å². The van der Waals surface area contributed by atoms with Crippen LogP contribution in [0.4, 0.5) is 17.4 Å². The number of nitro benzene ring substituents is 2.